The minimum absolute atomic E-state index is 0.0168. The van der Waals surface area contributed by atoms with Crippen LogP contribution in [0.5, 0.6) is 11.5 Å². The third kappa shape index (κ3) is 6.86. The smallest absolute Gasteiger partial charge is 0.251 e. The van der Waals surface area contributed by atoms with Crippen LogP contribution in [0.1, 0.15) is 56.8 Å². The Kier molecular flexibility index (Phi) is 9.19. The molecule has 0 aliphatic carbocycles. The molecule has 2 fully saturated rings. The van der Waals surface area contributed by atoms with Gasteiger partial charge >= 0.3 is 0 Å². The summed E-state index contributed by atoms with van der Waals surface area (Å²) in [5.41, 5.74) is 13.1. The quantitative estimate of drug-likeness (QED) is 0.244. The van der Waals surface area contributed by atoms with Gasteiger partial charge < -0.3 is 41.4 Å². The summed E-state index contributed by atoms with van der Waals surface area (Å²) in [6, 6.07) is 14.1. The maximum atomic E-state index is 13.4. The number of fused-ring (bicyclic) bond motifs is 2. The lowest BCUT2D eigenvalue weighted by Crippen LogP contribution is -2.50. The first kappa shape index (κ1) is 30.6. The Balaban J connectivity index is 1.28. The molecule has 3 heterocycles. The van der Waals surface area contributed by atoms with Gasteiger partial charge in [-0.1, -0.05) is 0 Å². The summed E-state index contributed by atoms with van der Waals surface area (Å²) in [4.78, 5) is 45.9. The van der Waals surface area contributed by atoms with Gasteiger partial charge in [0, 0.05) is 48.2 Å². The van der Waals surface area contributed by atoms with E-state index in [-0.39, 0.29) is 29.6 Å². The summed E-state index contributed by atoms with van der Waals surface area (Å²) < 4.78 is 11.4. The largest absolute Gasteiger partial charge is 0.493 e. The van der Waals surface area contributed by atoms with E-state index in [2.05, 4.69) is 20.5 Å². The number of rotatable bonds is 12. The molecule has 0 radical (unpaired) electrons. The molecule has 12 heteroatoms. The fraction of sp³-hybridized carbons (Fsp3) is 0.375. The number of benzene rings is 2. The second-order valence-electron chi connectivity index (χ2n) is 11.5. The molecule has 0 saturated carbocycles. The number of likely N-dealkylation sites (N-methyl/N-ethyl adjacent to an activating group) is 1. The van der Waals surface area contributed by atoms with Crippen molar-refractivity contribution in [3.63, 3.8) is 0 Å². The van der Waals surface area contributed by atoms with E-state index in [1.165, 1.54) is 6.20 Å². The Morgan fingerprint density at radius 2 is 1.68 bits per heavy atom. The summed E-state index contributed by atoms with van der Waals surface area (Å²) in [6.07, 6.45) is 5.06. The van der Waals surface area contributed by atoms with Crippen molar-refractivity contribution >= 4 is 34.9 Å². The number of methoxy groups -OCH3 is 1. The number of hydrogen-bond acceptors (Lipinski definition) is 9. The molecule has 2 aliphatic rings. The molecule has 3 aromatic rings. The van der Waals surface area contributed by atoms with E-state index in [1.807, 2.05) is 25.1 Å². The fourth-order valence-electron chi connectivity index (χ4n) is 5.99. The average molecular weight is 602 g/mol. The zero-order valence-corrected chi connectivity index (χ0v) is 25.2. The number of nitrogens with zero attached hydrogens (tertiary/aromatic N) is 3. The van der Waals surface area contributed by atoms with Gasteiger partial charge in [-0.2, -0.15) is 0 Å². The fourth-order valence-corrected chi connectivity index (χ4v) is 5.99. The highest BCUT2D eigenvalue weighted by molar-refractivity contribution is 6.02. The number of anilines is 3. The second-order valence-corrected chi connectivity index (χ2v) is 11.5. The number of ether oxygens (including phenoxy) is 2. The number of piperidine rings is 1. The molecule has 44 heavy (non-hydrogen) atoms. The van der Waals surface area contributed by atoms with Crippen molar-refractivity contribution in [2.75, 3.05) is 44.6 Å². The van der Waals surface area contributed by atoms with Gasteiger partial charge in [0.15, 0.2) is 11.5 Å². The molecule has 3 amide bonds. The lowest BCUT2D eigenvalue weighted by molar-refractivity contribution is 0.0924. The molecule has 2 saturated heterocycles. The first-order valence-corrected chi connectivity index (χ1v) is 14.6. The third-order valence-electron chi connectivity index (χ3n) is 8.15. The molecule has 1 aromatic heterocycles. The van der Waals surface area contributed by atoms with E-state index in [0.717, 1.165) is 38.0 Å². The third-order valence-corrected chi connectivity index (χ3v) is 8.15. The number of pyridine rings is 1. The van der Waals surface area contributed by atoms with Crippen molar-refractivity contribution in [2.45, 2.75) is 43.8 Å². The molecular formula is C32H39N7O5. The van der Waals surface area contributed by atoms with Crippen molar-refractivity contribution in [1.82, 2.24) is 15.2 Å². The number of amides is 3. The Hall–Kier alpha value is -4.84. The zero-order valence-electron chi connectivity index (χ0n) is 25.2. The van der Waals surface area contributed by atoms with Gasteiger partial charge in [-0.25, -0.2) is 4.98 Å². The Morgan fingerprint density at radius 3 is 2.30 bits per heavy atom. The van der Waals surface area contributed by atoms with Crippen molar-refractivity contribution in [3.8, 4) is 11.5 Å². The van der Waals surface area contributed by atoms with Crippen LogP contribution >= 0.6 is 0 Å². The van der Waals surface area contributed by atoms with Crippen LogP contribution in [0.3, 0.4) is 0 Å². The van der Waals surface area contributed by atoms with Crippen LogP contribution in [-0.4, -0.2) is 80.1 Å². The molecule has 232 valence electrons. The van der Waals surface area contributed by atoms with Gasteiger partial charge in [-0.3, -0.25) is 14.4 Å². The van der Waals surface area contributed by atoms with Crippen molar-refractivity contribution in [2.24, 2.45) is 11.5 Å². The highest BCUT2D eigenvalue weighted by atomic mass is 16.5. The number of nitrogens with two attached hydrogens (primary N) is 2. The van der Waals surface area contributed by atoms with Gasteiger partial charge in [-0.15, -0.1) is 0 Å². The maximum absolute atomic E-state index is 13.4. The molecule has 2 aliphatic heterocycles. The van der Waals surface area contributed by atoms with Crippen molar-refractivity contribution in [3.05, 3.63) is 71.4 Å². The van der Waals surface area contributed by atoms with Crippen molar-refractivity contribution < 1.29 is 23.9 Å². The summed E-state index contributed by atoms with van der Waals surface area (Å²) >= 11 is 0. The molecule has 6 N–H and O–H groups in total. The molecule has 2 aromatic carbocycles. The van der Waals surface area contributed by atoms with E-state index >= 15 is 0 Å². The van der Waals surface area contributed by atoms with Crippen LogP contribution in [0.15, 0.2) is 54.7 Å². The standard InChI is InChI=1S/C32H39N7O5/c1-38(2)12-13-44-28-17-21(6-10-27(28)43-3)36-26-14-19(4-9-25(26)31(34)41)32(42)37-22-15-23-7-8-24(16-22)39(23)29-11-5-20(18-35-29)30(33)40/h4-6,9-11,14,17-18,22-24,36H,7-8,12-13,15-16H2,1-3H3,(H2,33,40)(H2,34,41)(H,37,42)/t22?,23-,24+. The van der Waals surface area contributed by atoms with E-state index in [9.17, 15) is 14.4 Å². The zero-order chi connectivity index (χ0) is 31.4. The van der Waals surface area contributed by atoms with Crippen molar-refractivity contribution in [1.29, 1.82) is 0 Å². The van der Waals surface area contributed by atoms with Crippen LogP contribution in [0.2, 0.25) is 0 Å². The first-order chi connectivity index (χ1) is 21.1. The predicted octanol–water partition coefficient (Wildman–Crippen LogP) is 2.90. The van der Waals surface area contributed by atoms with Crippen LogP contribution in [0.25, 0.3) is 0 Å². The SMILES string of the molecule is COc1ccc(Nc2cc(C(=O)NC3C[C@H]4CC[C@@H](C3)N4c3ccc(C(N)=O)cn3)ccc2C(N)=O)cc1OCCN(C)C. The normalized spacial score (nSPS) is 19.0. The summed E-state index contributed by atoms with van der Waals surface area (Å²) in [6.45, 7) is 1.19. The monoisotopic (exact) mass is 601 g/mol. The minimum Gasteiger partial charge on any atom is -0.493 e. The molecule has 1 unspecified atom stereocenters. The average Bonchev–Trinajstić information content (AvgIpc) is 3.26. The number of carbonyl (C=O) groups is 3. The van der Waals surface area contributed by atoms with Gasteiger partial charge in [0.1, 0.15) is 12.4 Å². The van der Waals surface area contributed by atoms with Gasteiger partial charge in [0.2, 0.25) is 5.91 Å². The summed E-state index contributed by atoms with van der Waals surface area (Å²) in [7, 11) is 5.50. The maximum Gasteiger partial charge on any atom is 0.251 e. The lowest BCUT2D eigenvalue weighted by atomic mass is 9.96. The highest BCUT2D eigenvalue weighted by Gasteiger charge is 2.41. The first-order valence-electron chi connectivity index (χ1n) is 14.6. The van der Waals surface area contributed by atoms with Crippen LogP contribution in [0.4, 0.5) is 17.2 Å². The Labute approximate surface area is 256 Å². The molecule has 3 atom stereocenters. The van der Waals surface area contributed by atoms with E-state index in [0.29, 0.717) is 40.6 Å². The van der Waals surface area contributed by atoms with E-state index in [4.69, 9.17) is 20.9 Å². The topological polar surface area (TPSA) is 165 Å². The van der Waals surface area contributed by atoms with Gasteiger partial charge in [-0.05, 0) is 82.2 Å². The highest BCUT2D eigenvalue weighted by Crippen LogP contribution is 2.39. The number of aromatic nitrogens is 1. The molecular weight excluding hydrogens is 562 g/mol. The molecule has 0 spiro atoms. The van der Waals surface area contributed by atoms with E-state index in [1.54, 1.807) is 49.6 Å². The van der Waals surface area contributed by atoms with Crippen LogP contribution < -0.4 is 36.5 Å². The molecule has 5 rings (SSSR count). The summed E-state index contributed by atoms with van der Waals surface area (Å²) in [5, 5.41) is 6.43. The van der Waals surface area contributed by atoms with Gasteiger partial charge in [0.05, 0.1) is 23.9 Å². The Morgan fingerprint density at radius 1 is 0.955 bits per heavy atom. The van der Waals surface area contributed by atoms with Gasteiger partial charge in [0.25, 0.3) is 11.8 Å². The molecule has 12 nitrogen and oxygen atoms in total. The second kappa shape index (κ2) is 13.2. The van der Waals surface area contributed by atoms with E-state index < -0.39 is 11.8 Å². The Bertz CT molecular complexity index is 1510. The number of primary amides is 2. The minimum atomic E-state index is -0.614. The number of nitrogens with one attached hydrogen (secondary N) is 2. The molecule has 2 bridgehead atoms. The van der Waals surface area contributed by atoms with Crippen LogP contribution in [0, 0.1) is 0 Å². The number of hydrogen-bond donors (Lipinski definition) is 4. The lowest BCUT2D eigenvalue weighted by Gasteiger charge is -2.40. The summed E-state index contributed by atoms with van der Waals surface area (Å²) in [5.74, 6) is 0.596. The predicted molar refractivity (Wildman–Crippen MR) is 168 cm³/mol. The number of carbonyl (C=O) groups excluding carboxylic acids is 3. The van der Waals surface area contributed by atoms with Crippen LogP contribution in [-0.2, 0) is 0 Å².